The van der Waals surface area contributed by atoms with E-state index in [1.807, 2.05) is 0 Å². The fourth-order valence-electron chi connectivity index (χ4n) is 2.67. The van der Waals surface area contributed by atoms with E-state index >= 15 is 0 Å². The molecular weight excluding hydrogens is 216 g/mol. The molecule has 17 heavy (non-hydrogen) atoms. The summed E-state index contributed by atoms with van der Waals surface area (Å²) in [5.74, 6) is 0.0898. The summed E-state index contributed by atoms with van der Waals surface area (Å²) in [6.07, 6.45) is 4.08. The molecule has 0 heterocycles. The van der Waals surface area contributed by atoms with Gasteiger partial charge in [0, 0.05) is 18.6 Å². The van der Waals surface area contributed by atoms with Crippen molar-refractivity contribution < 1.29 is 9.53 Å². The second-order valence-electron chi connectivity index (χ2n) is 5.40. The Morgan fingerprint density at radius 2 is 1.94 bits per heavy atom. The molecule has 1 aliphatic carbocycles. The molecule has 1 rings (SSSR count). The number of carbonyl (C=O) groups excluding carboxylic acids is 1. The highest BCUT2D eigenvalue weighted by atomic mass is 16.5. The first-order valence-corrected chi connectivity index (χ1v) is 6.51. The molecule has 0 radical (unpaired) electrons. The van der Waals surface area contributed by atoms with E-state index in [0.29, 0.717) is 12.1 Å². The van der Waals surface area contributed by atoms with Gasteiger partial charge < -0.3 is 15.0 Å². The second kappa shape index (κ2) is 6.97. The second-order valence-corrected chi connectivity index (χ2v) is 5.40. The first-order chi connectivity index (χ1) is 8.02. The number of ether oxygens (including phenoxy) is 1. The van der Waals surface area contributed by atoms with Crippen LogP contribution in [0, 0.1) is 5.92 Å². The summed E-state index contributed by atoms with van der Waals surface area (Å²) in [5.41, 5.74) is 0. The van der Waals surface area contributed by atoms with Crippen molar-refractivity contribution in [1.29, 1.82) is 0 Å². The molecule has 0 amide bonds. The lowest BCUT2D eigenvalue weighted by Crippen LogP contribution is -2.44. The molecule has 0 bridgehead atoms. The predicted octanol–water partition coefficient (Wildman–Crippen LogP) is 1.26. The average molecular weight is 242 g/mol. The summed E-state index contributed by atoms with van der Waals surface area (Å²) >= 11 is 0. The Morgan fingerprint density at radius 3 is 2.41 bits per heavy atom. The summed E-state index contributed by atoms with van der Waals surface area (Å²) in [6.45, 7) is 3.27. The Bertz CT molecular complexity index is 236. The average Bonchev–Trinajstić information content (AvgIpc) is 2.28. The van der Waals surface area contributed by atoms with Gasteiger partial charge in [-0.2, -0.15) is 0 Å². The Morgan fingerprint density at radius 1 is 1.35 bits per heavy atom. The highest BCUT2D eigenvalue weighted by molar-refractivity contribution is 5.72. The highest BCUT2D eigenvalue weighted by Gasteiger charge is 2.27. The minimum atomic E-state index is -0.0372. The maximum Gasteiger partial charge on any atom is 0.308 e. The van der Waals surface area contributed by atoms with Crippen LogP contribution in [0.3, 0.4) is 0 Å². The van der Waals surface area contributed by atoms with Gasteiger partial charge in [0.2, 0.25) is 0 Å². The number of rotatable bonds is 5. The molecule has 1 N–H and O–H groups in total. The molecule has 4 heteroatoms. The third-order valence-corrected chi connectivity index (χ3v) is 3.42. The Hall–Kier alpha value is -0.610. The zero-order valence-corrected chi connectivity index (χ0v) is 11.5. The topological polar surface area (TPSA) is 41.6 Å². The summed E-state index contributed by atoms with van der Waals surface area (Å²) in [6, 6.07) is 1.07. The molecule has 1 unspecified atom stereocenters. The third kappa shape index (κ3) is 5.04. The molecular formula is C13H26N2O2. The summed E-state index contributed by atoms with van der Waals surface area (Å²) in [5, 5.41) is 3.63. The maximum atomic E-state index is 11.4. The summed E-state index contributed by atoms with van der Waals surface area (Å²) in [4.78, 5) is 13.6. The molecule has 1 aliphatic rings. The van der Waals surface area contributed by atoms with Crippen molar-refractivity contribution in [1.82, 2.24) is 10.2 Å². The van der Waals surface area contributed by atoms with Crippen LogP contribution in [0.2, 0.25) is 0 Å². The van der Waals surface area contributed by atoms with Crippen LogP contribution in [0.15, 0.2) is 0 Å². The number of nitrogens with zero attached hydrogens (tertiary/aromatic N) is 1. The minimum absolute atomic E-state index is 0.0372. The van der Waals surface area contributed by atoms with Gasteiger partial charge in [0.15, 0.2) is 0 Å². The zero-order chi connectivity index (χ0) is 12.8. The van der Waals surface area contributed by atoms with Crippen molar-refractivity contribution >= 4 is 5.97 Å². The number of hydrogen-bond acceptors (Lipinski definition) is 4. The van der Waals surface area contributed by atoms with Crippen LogP contribution in [0.4, 0.5) is 0 Å². The molecule has 1 atom stereocenters. The molecule has 0 spiro atoms. The van der Waals surface area contributed by atoms with Gasteiger partial charge in [-0.25, -0.2) is 0 Å². The van der Waals surface area contributed by atoms with Crippen molar-refractivity contribution in [3.63, 3.8) is 0 Å². The van der Waals surface area contributed by atoms with Gasteiger partial charge in [-0.3, -0.25) is 4.79 Å². The van der Waals surface area contributed by atoms with E-state index in [2.05, 4.69) is 31.2 Å². The first kappa shape index (κ1) is 14.5. The zero-order valence-electron chi connectivity index (χ0n) is 11.5. The van der Waals surface area contributed by atoms with Gasteiger partial charge in [-0.15, -0.1) is 0 Å². The van der Waals surface area contributed by atoms with Gasteiger partial charge in [0.1, 0.15) is 0 Å². The number of nitrogens with one attached hydrogen (secondary N) is 1. The van der Waals surface area contributed by atoms with Gasteiger partial charge in [0.25, 0.3) is 0 Å². The van der Waals surface area contributed by atoms with Crippen LogP contribution in [-0.2, 0) is 9.53 Å². The van der Waals surface area contributed by atoms with Crippen molar-refractivity contribution in [2.24, 2.45) is 5.92 Å². The van der Waals surface area contributed by atoms with E-state index in [-0.39, 0.29) is 11.9 Å². The minimum Gasteiger partial charge on any atom is -0.469 e. The largest absolute Gasteiger partial charge is 0.469 e. The monoisotopic (exact) mass is 242 g/mol. The molecule has 0 aromatic carbocycles. The molecule has 4 nitrogen and oxygen atoms in total. The van der Waals surface area contributed by atoms with Crippen molar-refractivity contribution in [2.45, 2.75) is 44.7 Å². The Labute approximate surface area is 105 Å². The fourth-order valence-corrected chi connectivity index (χ4v) is 2.67. The van der Waals surface area contributed by atoms with Crippen LogP contribution in [0.1, 0.15) is 32.6 Å². The van der Waals surface area contributed by atoms with Crippen molar-refractivity contribution in [2.75, 3.05) is 27.7 Å². The van der Waals surface area contributed by atoms with Crippen molar-refractivity contribution in [3.8, 4) is 0 Å². The number of hydrogen-bond donors (Lipinski definition) is 1. The molecule has 0 aromatic rings. The van der Waals surface area contributed by atoms with E-state index in [1.165, 1.54) is 7.11 Å². The summed E-state index contributed by atoms with van der Waals surface area (Å²) < 4.78 is 4.79. The Kier molecular flexibility index (Phi) is 5.92. The number of carbonyl (C=O) groups is 1. The smallest absolute Gasteiger partial charge is 0.308 e. The van der Waals surface area contributed by atoms with Crippen LogP contribution >= 0.6 is 0 Å². The van der Waals surface area contributed by atoms with E-state index in [4.69, 9.17) is 4.74 Å². The molecule has 0 saturated heterocycles. The van der Waals surface area contributed by atoms with Crippen LogP contribution in [0.25, 0.3) is 0 Å². The van der Waals surface area contributed by atoms with E-state index in [0.717, 1.165) is 32.2 Å². The maximum absolute atomic E-state index is 11.4. The SMILES string of the molecule is COC(=O)C1CCC(NC(C)CN(C)C)CC1. The molecule has 100 valence electrons. The predicted molar refractivity (Wildman–Crippen MR) is 68.9 cm³/mol. The molecule has 1 fully saturated rings. The third-order valence-electron chi connectivity index (χ3n) is 3.42. The highest BCUT2D eigenvalue weighted by Crippen LogP contribution is 2.25. The number of likely N-dealkylation sites (N-methyl/N-ethyl adjacent to an activating group) is 1. The van der Waals surface area contributed by atoms with Crippen LogP contribution < -0.4 is 5.32 Å². The van der Waals surface area contributed by atoms with Gasteiger partial charge in [-0.1, -0.05) is 0 Å². The Balaban J connectivity index is 2.25. The van der Waals surface area contributed by atoms with E-state index < -0.39 is 0 Å². The van der Waals surface area contributed by atoms with Crippen molar-refractivity contribution in [3.05, 3.63) is 0 Å². The lowest BCUT2D eigenvalue weighted by Gasteiger charge is -2.30. The van der Waals surface area contributed by atoms with Crippen LogP contribution in [-0.4, -0.2) is 50.7 Å². The van der Waals surface area contributed by atoms with Gasteiger partial charge in [0.05, 0.1) is 13.0 Å². The fraction of sp³-hybridized carbons (Fsp3) is 0.923. The molecule has 0 aromatic heterocycles. The molecule has 0 aliphatic heterocycles. The lowest BCUT2D eigenvalue weighted by molar-refractivity contribution is -0.146. The first-order valence-electron chi connectivity index (χ1n) is 6.51. The van der Waals surface area contributed by atoms with Gasteiger partial charge in [-0.05, 0) is 46.7 Å². The standard InChI is InChI=1S/C13H26N2O2/c1-10(9-15(2)3)14-12-7-5-11(6-8-12)13(16)17-4/h10-12,14H,5-9H2,1-4H3. The lowest BCUT2D eigenvalue weighted by atomic mass is 9.86. The number of methoxy groups -OCH3 is 1. The molecule has 1 saturated carbocycles. The number of esters is 1. The summed E-state index contributed by atoms with van der Waals surface area (Å²) in [7, 11) is 5.66. The van der Waals surface area contributed by atoms with E-state index in [1.54, 1.807) is 0 Å². The quantitative estimate of drug-likeness (QED) is 0.737. The van der Waals surface area contributed by atoms with E-state index in [9.17, 15) is 4.79 Å². The van der Waals surface area contributed by atoms with Crippen LogP contribution in [0.5, 0.6) is 0 Å². The normalized spacial score (nSPS) is 26.9. The van der Waals surface area contributed by atoms with Gasteiger partial charge >= 0.3 is 5.97 Å².